The molecule has 1 atom stereocenters. The van der Waals surface area contributed by atoms with Gasteiger partial charge in [-0.15, -0.1) is 0 Å². The molecule has 0 saturated heterocycles. The normalized spacial score (nSPS) is 12.8. The van der Waals surface area contributed by atoms with Gasteiger partial charge in [0.25, 0.3) is 5.56 Å². The third-order valence-electron chi connectivity index (χ3n) is 2.38. The zero-order valence-corrected chi connectivity index (χ0v) is 10.1. The first-order chi connectivity index (χ1) is 7.58. The first-order valence-corrected chi connectivity index (χ1v) is 5.45. The standard InChI is InChI=1S/C11H19N3O2/c1-4-16-10(6-12)7-14-9(3)13-8(2)5-11(14)15/h5,10H,4,6-7,12H2,1-3H3. The third kappa shape index (κ3) is 3.15. The van der Waals surface area contributed by atoms with E-state index in [-0.39, 0.29) is 11.7 Å². The Morgan fingerprint density at radius 2 is 2.25 bits per heavy atom. The Morgan fingerprint density at radius 3 is 2.75 bits per heavy atom. The molecule has 5 heteroatoms. The number of hydrogen-bond acceptors (Lipinski definition) is 4. The van der Waals surface area contributed by atoms with Crippen LogP contribution >= 0.6 is 0 Å². The van der Waals surface area contributed by atoms with Gasteiger partial charge in [0, 0.05) is 24.9 Å². The summed E-state index contributed by atoms with van der Waals surface area (Å²) in [6, 6.07) is 1.52. The van der Waals surface area contributed by atoms with E-state index in [4.69, 9.17) is 10.5 Å². The molecule has 2 N–H and O–H groups in total. The molecular formula is C11H19N3O2. The maximum absolute atomic E-state index is 11.7. The second-order valence-electron chi connectivity index (χ2n) is 3.71. The van der Waals surface area contributed by atoms with Crippen molar-refractivity contribution in [2.75, 3.05) is 13.2 Å². The van der Waals surface area contributed by atoms with Crippen LogP contribution in [-0.2, 0) is 11.3 Å². The lowest BCUT2D eigenvalue weighted by molar-refractivity contribution is 0.0553. The third-order valence-corrected chi connectivity index (χ3v) is 2.38. The summed E-state index contributed by atoms with van der Waals surface area (Å²) in [7, 11) is 0. The van der Waals surface area contributed by atoms with E-state index in [1.165, 1.54) is 6.07 Å². The molecule has 1 rings (SSSR count). The van der Waals surface area contributed by atoms with Gasteiger partial charge < -0.3 is 10.5 Å². The van der Waals surface area contributed by atoms with Crippen LogP contribution in [-0.4, -0.2) is 28.8 Å². The molecule has 0 fully saturated rings. The topological polar surface area (TPSA) is 70.1 Å². The summed E-state index contributed by atoms with van der Waals surface area (Å²) in [5, 5.41) is 0. The van der Waals surface area contributed by atoms with Gasteiger partial charge in [-0.2, -0.15) is 0 Å². The molecule has 0 bridgehead atoms. The lowest BCUT2D eigenvalue weighted by Crippen LogP contribution is -2.34. The van der Waals surface area contributed by atoms with Crippen LogP contribution < -0.4 is 11.3 Å². The average molecular weight is 225 g/mol. The summed E-state index contributed by atoms with van der Waals surface area (Å²) in [6.07, 6.45) is -0.133. The van der Waals surface area contributed by atoms with Crippen LogP contribution in [0.3, 0.4) is 0 Å². The van der Waals surface area contributed by atoms with Crippen molar-refractivity contribution in [3.05, 3.63) is 27.9 Å². The minimum atomic E-state index is -0.133. The van der Waals surface area contributed by atoms with Crippen molar-refractivity contribution < 1.29 is 4.74 Å². The van der Waals surface area contributed by atoms with Crippen LogP contribution in [0.1, 0.15) is 18.4 Å². The minimum absolute atomic E-state index is 0.0526. The molecule has 1 aromatic rings. The van der Waals surface area contributed by atoms with Gasteiger partial charge in [-0.05, 0) is 20.8 Å². The van der Waals surface area contributed by atoms with Gasteiger partial charge in [-0.25, -0.2) is 4.98 Å². The van der Waals surface area contributed by atoms with Crippen molar-refractivity contribution in [1.82, 2.24) is 9.55 Å². The van der Waals surface area contributed by atoms with Gasteiger partial charge in [-0.1, -0.05) is 0 Å². The van der Waals surface area contributed by atoms with Crippen LogP contribution in [0.15, 0.2) is 10.9 Å². The molecule has 1 aromatic heterocycles. The van der Waals surface area contributed by atoms with Gasteiger partial charge in [0.2, 0.25) is 0 Å². The lowest BCUT2D eigenvalue weighted by Gasteiger charge is -2.17. The van der Waals surface area contributed by atoms with E-state index in [0.717, 1.165) is 5.69 Å². The highest BCUT2D eigenvalue weighted by Gasteiger charge is 2.10. The molecule has 0 saturated carbocycles. The van der Waals surface area contributed by atoms with Crippen LogP contribution in [0, 0.1) is 13.8 Å². The summed E-state index contributed by atoms with van der Waals surface area (Å²) < 4.78 is 7.02. The van der Waals surface area contributed by atoms with Crippen molar-refractivity contribution in [1.29, 1.82) is 0 Å². The number of rotatable bonds is 5. The van der Waals surface area contributed by atoms with Crippen LogP contribution in [0.4, 0.5) is 0 Å². The van der Waals surface area contributed by atoms with Gasteiger partial charge in [-0.3, -0.25) is 9.36 Å². The second kappa shape index (κ2) is 5.77. The van der Waals surface area contributed by atoms with Crippen molar-refractivity contribution in [3.8, 4) is 0 Å². The molecule has 5 nitrogen and oxygen atoms in total. The highest BCUT2D eigenvalue weighted by atomic mass is 16.5. The lowest BCUT2D eigenvalue weighted by atomic mass is 10.3. The highest BCUT2D eigenvalue weighted by molar-refractivity contribution is 5.01. The zero-order valence-electron chi connectivity index (χ0n) is 10.1. The predicted octanol–water partition coefficient (Wildman–Crippen LogP) is 0.224. The monoisotopic (exact) mass is 225 g/mol. The van der Waals surface area contributed by atoms with Crippen LogP contribution in [0.2, 0.25) is 0 Å². The van der Waals surface area contributed by atoms with E-state index < -0.39 is 0 Å². The van der Waals surface area contributed by atoms with E-state index in [9.17, 15) is 4.79 Å². The molecule has 1 unspecified atom stereocenters. The fraction of sp³-hybridized carbons (Fsp3) is 0.636. The number of hydrogen-bond donors (Lipinski definition) is 1. The number of aryl methyl sites for hydroxylation is 2. The first kappa shape index (κ1) is 12.9. The smallest absolute Gasteiger partial charge is 0.253 e. The van der Waals surface area contributed by atoms with Gasteiger partial charge >= 0.3 is 0 Å². The summed E-state index contributed by atoms with van der Waals surface area (Å²) in [4.78, 5) is 16.0. The molecule has 0 aliphatic heterocycles. The largest absolute Gasteiger partial charge is 0.375 e. The molecule has 0 radical (unpaired) electrons. The predicted molar refractivity (Wildman–Crippen MR) is 62.4 cm³/mol. The number of ether oxygens (including phenoxy) is 1. The van der Waals surface area contributed by atoms with E-state index in [0.29, 0.717) is 25.5 Å². The number of nitrogens with two attached hydrogens (primary N) is 1. The Balaban J connectivity index is 2.92. The molecule has 0 amide bonds. The average Bonchev–Trinajstić information content (AvgIpc) is 2.21. The van der Waals surface area contributed by atoms with E-state index in [2.05, 4.69) is 4.98 Å². The number of nitrogens with zero attached hydrogens (tertiary/aromatic N) is 2. The highest BCUT2D eigenvalue weighted by Crippen LogP contribution is 1.98. The van der Waals surface area contributed by atoms with Crippen molar-refractivity contribution in [3.63, 3.8) is 0 Å². The van der Waals surface area contributed by atoms with E-state index in [1.54, 1.807) is 4.57 Å². The maximum Gasteiger partial charge on any atom is 0.253 e. The molecule has 16 heavy (non-hydrogen) atoms. The Bertz CT molecular complexity index is 401. The summed E-state index contributed by atoms with van der Waals surface area (Å²) >= 11 is 0. The van der Waals surface area contributed by atoms with Crippen LogP contribution in [0.5, 0.6) is 0 Å². The summed E-state index contributed by atoms with van der Waals surface area (Å²) in [6.45, 7) is 6.98. The fourth-order valence-corrected chi connectivity index (χ4v) is 1.62. The molecule has 90 valence electrons. The molecule has 0 aliphatic rings. The van der Waals surface area contributed by atoms with Gasteiger partial charge in [0.05, 0.1) is 12.6 Å². The maximum atomic E-state index is 11.7. The number of aromatic nitrogens is 2. The van der Waals surface area contributed by atoms with Crippen molar-refractivity contribution in [2.45, 2.75) is 33.4 Å². The summed E-state index contributed by atoms with van der Waals surface area (Å²) in [5.74, 6) is 0.697. The molecule has 0 spiro atoms. The first-order valence-electron chi connectivity index (χ1n) is 5.45. The van der Waals surface area contributed by atoms with E-state index >= 15 is 0 Å². The molecular weight excluding hydrogens is 206 g/mol. The van der Waals surface area contributed by atoms with Crippen LogP contribution in [0.25, 0.3) is 0 Å². The zero-order chi connectivity index (χ0) is 12.1. The molecule has 0 aromatic carbocycles. The Labute approximate surface area is 95.3 Å². The Morgan fingerprint density at radius 1 is 1.56 bits per heavy atom. The fourth-order valence-electron chi connectivity index (χ4n) is 1.62. The van der Waals surface area contributed by atoms with Gasteiger partial charge in [0.1, 0.15) is 5.82 Å². The molecule has 1 heterocycles. The van der Waals surface area contributed by atoms with E-state index in [1.807, 2.05) is 20.8 Å². The summed E-state index contributed by atoms with van der Waals surface area (Å²) in [5.41, 5.74) is 6.26. The minimum Gasteiger partial charge on any atom is -0.375 e. The van der Waals surface area contributed by atoms with Crippen molar-refractivity contribution >= 4 is 0 Å². The van der Waals surface area contributed by atoms with Crippen molar-refractivity contribution in [2.24, 2.45) is 5.73 Å². The Kier molecular flexibility index (Phi) is 4.64. The Hall–Kier alpha value is -1.20. The van der Waals surface area contributed by atoms with Gasteiger partial charge in [0.15, 0.2) is 0 Å². The second-order valence-corrected chi connectivity index (χ2v) is 3.71. The SMILES string of the molecule is CCOC(CN)Cn1c(C)nc(C)cc1=O. The molecule has 0 aliphatic carbocycles. The quantitative estimate of drug-likeness (QED) is 0.778.